The zero-order chi connectivity index (χ0) is 17.3. The van der Waals surface area contributed by atoms with E-state index >= 15 is 0 Å². The molecule has 0 aliphatic carbocycles. The molecular weight excluding hydrogens is 324 g/mol. The van der Waals surface area contributed by atoms with Crippen LogP contribution in [0.1, 0.15) is 27.6 Å². The van der Waals surface area contributed by atoms with Crippen molar-refractivity contribution in [3.63, 3.8) is 0 Å². The first-order chi connectivity index (χ1) is 11.4. The number of nitrogens with zero attached hydrogens (tertiary/aromatic N) is 3. The van der Waals surface area contributed by atoms with Crippen LogP contribution in [-0.2, 0) is 0 Å². The number of aryl methyl sites for hydroxylation is 3. The molecule has 6 heteroatoms. The zero-order valence-electron chi connectivity index (χ0n) is 13.7. The third-order valence-corrected chi connectivity index (χ3v) is 4.02. The molecule has 122 valence electrons. The second-order valence-electron chi connectivity index (χ2n) is 5.63. The minimum atomic E-state index is -0.345. The van der Waals surface area contributed by atoms with Gasteiger partial charge in [0.1, 0.15) is 5.82 Å². The summed E-state index contributed by atoms with van der Waals surface area (Å²) in [5, 5.41) is 7.72. The fourth-order valence-electron chi connectivity index (χ4n) is 2.34. The van der Waals surface area contributed by atoms with Crippen molar-refractivity contribution in [2.45, 2.75) is 20.8 Å². The molecule has 0 spiro atoms. The quantitative estimate of drug-likeness (QED) is 0.781. The first kappa shape index (κ1) is 16.2. The fraction of sp³-hybridized carbons (Fsp3) is 0.167. The van der Waals surface area contributed by atoms with Gasteiger partial charge in [0.2, 0.25) is 5.82 Å². The predicted octanol–water partition coefficient (Wildman–Crippen LogP) is 4.10. The van der Waals surface area contributed by atoms with Crippen LogP contribution in [0.15, 0.2) is 42.5 Å². The Morgan fingerprint density at radius 1 is 1.08 bits per heavy atom. The number of benzene rings is 2. The molecule has 1 aromatic heterocycles. The van der Waals surface area contributed by atoms with Crippen molar-refractivity contribution in [3.05, 3.63) is 70.3 Å². The minimum absolute atomic E-state index is 0.116. The van der Waals surface area contributed by atoms with Crippen LogP contribution in [0.2, 0.25) is 5.02 Å². The molecule has 0 saturated carbocycles. The van der Waals surface area contributed by atoms with E-state index in [1.807, 2.05) is 44.2 Å². The number of hydrogen-bond acceptors (Lipinski definition) is 3. The normalized spacial score (nSPS) is 10.7. The smallest absolute Gasteiger partial charge is 0.295 e. The molecule has 3 aromatic rings. The van der Waals surface area contributed by atoms with Crippen molar-refractivity contribution >= 4 is 23.2 Å². The third-order valence-electron chi connectivity index (χ3n) is 3.79. The monoisotopic (exact) mass is 340 g/mol. The molecule has 24 heavy (non-hydrogen) atoms. The Balaban J connectivity index is 1.86. The number of carbonyl (C=O) groups excluding carboxylic acids is 1. The Kier molecular flexibility index (Phi) is 4.36. The van der Waals surface area contributed by atoms with Crippen molar-refractivity contribution < 1.29 is 4.79 Å². The topological polar surface area (TPSA) is 59.8 Å². The largest absolute Gasteiger partial charge is 0.319 e. The summed E-state index contributed by atoms with van der Waals surface area (Å²) in [6.45, 7) is 5.82. The second-order valence-corrected chi connectivity index (χ2v) is 6.06. The average Bonchev–Trinajstić information content (AvgIpc) is 2.93. The number of rotatable bonds is 3. The van der Waals surface area contributed by atoms with Crippen molar-refractivity contribution in [2.24, 2.45) is 0 Å². The lowest BCUT2D eigenvalue weighted by molar-refractivity contribution is 0.101. The number of aromatic nitrogens is 3. The van der Waals surface area contributed by atoms with Gasteiger partial charge in [0.25, 0.3) is 5.91 Å². The molecule has 0 aliphatic rings. The van der Waals surface area contributed by atoms with Crippen LogP contribution < -0.4 is 5.32 Å². The zero-order valence-corrected chi connectivity index (χ0v) is 14.4. The van der Waals surface area contributed by atoms with Gasteiger partial charge >= 0.3 is 0 Å². The summed E-state index contributed by atoms with van der Waals surface area (Å²) in [5.41, 5.74) is 3.77. The van der Waals surface area contributed by atoms with E-state index in [1.54, 1.807) is 23.7 Å². The molecule has 2 aromatic carbocycles. The Morgan fingerprint density at radius 2 is 1.88 bits per heavy atom. The third kappa shape index (κ3) is 3.31. The molecule has 0 radical (unpaired) electrons. The van der Waals surface area contributed by atoms with Gasteiger partial charge in [-0.2, -0.15) is 0 Å². The summed E-state index contributed by atoms with van der Waals surface area (Å²) in [6, 6.07) is 13.0. The fourth-order valence-corrected chi connectivity index (χ4v) is 2.53. The lowest BCUT2D eigenvalue weighted by Gasteiger charge is -2.05. The Hall–Kier alpha value is -2.66. The van der Waals surface area contributed by atoms with E-state index < -0.39 is 0 Å². The molecule has 0 atom stereocenters. The SMILES string of the molecule is Cc1ccc(NC(=O)c2nc(C)n(-c3cccc(Cl)c3)n2)cc1C. The average molecular weight is 341 g/mol. The maximum atomic E-state index is 12.4. The van der Waals surface area contributed by atoms with Crippen LogP contribution in [0.5, 0.6) is 0 Å². The lowest BCUT2D eigenvalue weighted by atomic mass is 10.1. The highest BCUT2D eigenvalue weighted by Gasteiger charge is 2.15. The molecule has 1 N–H and O–H groups in total. The van der Waals surface area contributed by atoms with E-state index in [0.717, 1.165) is 16.9 Å². The van der Waals surface area contributed by atoms with E-state index in [2.05, 4.69) is 15.4 Å². The van der Waals surface area contributed by atoms with Crippen LogP contribution in [0.25, 0.3) is 5.69 Å². The number of nitrogens with one attached hydrogen (secondary N) is 1. The highest BCUT2D eigenvalue weighted by atomic mass is 35.5. The van der Waals surface area contributed by atoms with E-state index in [-0.39, 0.29) is 11.7 Å². The summed E-state index contributed by atoms with van der Waals surface area (Å²) in [4.78, 5) is 16.6. The van der Waals surface area contributed by atoms with Gasteiger partial charge in [-0.1, -0.05) is 23.7 Å². The Bertz CT molecular complexity index is 917. The molecule has 5 nitrogen and oxygen atoms in total. The van der Waals surface area contributed by atoms with Gasteiger partial charge in [0.15, 0.2) is 0 Å². The van der Waals surface area contributed by atoms with Crippen LogP contribution in [0.4, 0.5) is 5.69 Å². The van der Waals surface area contributed by atoms with Crippen molar-refractivity contribution in [2.75, 3.05) is 5.32 Å². The highest BCUT2D eigenvalue weighted by molar-refractivity contribution is 6.30. The number of anilines is 1. The summed E-state index contributed by atoms with van der Waals surface area (Å²) in [6.07, 6.45) is 0. The first-order valence-corrected chi connectivity index (χ1v) is 7.90. The number of halogens is 1. The molecule has 3 rings (SSSR count). The van der Waals surface area contributed by atoms with Crippen molar-refractivity contribution in [1.29, 1.82) is 0 Å². The first-order valence-electron chi connectivity index (χ1n) is 7.52. The van der Waals surface area contributed by atoms with E-state index in [4.69, 9.17) is 11.6 Å². The standard InChI is InChI=1S/C18H17ClN4O/c1-11-7-8-15(9-12(11)2)21-18(24)17-20-13(3)23(22-17)16-6-4-5-14(19)10-16/h4-10H,1-3H3,(H,21,24). The number of amides is 1. The van der Waals surface area contributed by atoms with Gasteiger partial charge in [-0.05, 0) is 62.2 Å². The van der Waals surface area contributed by atoms with Gasteiger partial charge in [-0.25, -0.2) is 9.67 Å². The van der Waals surface area contributed by atoms with Crippen LogP contribution >= 0.6 is 11.6 Å². The highest BCUT2D eigenvalue weighted by Crippen LogP contribution is 2.17. The molecule has 0 unspecified atom stereocenters. The van der Waals surface area contributed by atoms with Crippen molar-refractivity contribution in [1.82, 2.24) is 14.8 Å². The van der Waals surface area contributed by atoms with E-state index in [0.29, 0.717) is 10.8 Å². The van der Waals surface area contributed by atoms with E-state index in [9.17, 15) is 4.79 Å². The van der Waals surface area contributed by atoms with Gasteiger partial charge in [0.05, 0.1) is 5.69 Å². The maximum Gasteiger partial charge on any atom is 0.295 e. The van der Waals surface area contributed by atoms with Crippen LogP contribution in [0.3, 0.4) is 0 Å². The second kappa shape index (κ2) is 6.45. The van der Waals surface area contributed by atoms with Crippen molar-refractivity contribution in [3.8, 4) is 5.69 Å². The molecule has 0 fully saturated rings. The summed E-state index contributed by atoms with van der Waals surface area (Å²) in [5.74, 6) is 0.385. The number of carbonyl (C=O) groups is 1. The minimum Gasteiger partial charge on any atom is -0.319 e. The van der Waals surface area contributed by atoms with Gasteiger partial charge in [0, 0.05) is 10.7 Å². The lowest BCUT2D eigenvalue weighted by Crippen LogP contribution is -2.14. The van der Waals surface area contributed by atoms with Crippen LogP contribution in [0, 0.1) is 20.8 Å². The molecule has 0 bridgehead atoms. The predicted molar refractivity (Wildman–Crippen MR) is 95.0 cm³/mol. The van der Waals surface area contributed by atoms with Gasteiger partial charge in [-0.3, -0.25) is 4.79 Å². The molecule has 1 amide bonds. The summed E-state index contributed by atoms with van der Waals surface area (Å²) < 4.78 is 1.60. The molecular formula is C18H17ClN4O. The van der Waals surface area contributed by atoms with Gasteiger partial charge < -0.3 is 5.32 Å². The van der Waals surface area contributed by atoms with Gasteiger partial charge in [-0.15, -0.1) is 5.10 Å². The Labute approximate surface area is 145 Å². The Morgan fingerprint density at radius 3 is 2.58 bits per heavy atom. The van der Waals surface area contributed by atoms with E-state index in [1.165, 1.54) is 5.56 Å². The molecule has 0 aliphatic heterocycles. The number of hydrogen-bond donors (Lipinski definition) is 1. The van der Waals surface area contributed by atoms with Crippen LogP contribution in [-0.4, -0.2) is 20.7 Å². The molecule has 1 heterocycles. The maximum absolute atomic E-state index is 12.4. The summed E-state index contributed by atoms with van der Waals surface area (Å²) in [7, 11) is 0. The summed E-state index contributed by atoms with van der Waals surface area (Å²) >= 11 is 6.01. The molecule has 0 saturated heterocycles.